The molecule has 0 amide bonds. The Hall–Kier alpha value is -0.160. The van der Waals surface area contributed by atoms with Crippen LogP contribution >= 0.6 is 0 Å². The lowest BCUT2D eigenvalue weighted by Crippen LogP contribution is -2.46. The summed E-state index contributed by atoms with van der Waals surface area (Å²) in [6, 6.07) is 0. The van der Waals surface area contributed by atoms with Gasteiger partial charge in [0, 0.05) is 19.6 Å². The van der Waals surface area contributed by atoms with Gasteiger partial charge in [0.1, 0.15) is 6.23 Å². The first-order chi connectivity index (χ1) is 6.63. The molecule has 84 valence electrons. The van der Waals surface area contributed by atoms with E-state index >= 15 is 0 Å². The van der Waals surface area contributed by atoms with E-state index in [2.05, 4.69) is 13.8 Å². The van der Waals surface area contributed by atoms with E-state index in [0.717, 1.165) is 25.9 Å². The molecular formula is C10H22N2O2. The molecule has 0 spiro atoms. The fourth-order valence-corrected chi connectivity index (χ4v) is 1.84. The Morgan fingerprint density at radius 1 is 1.43 bits per heavy atom. The lowest BCUT2D eigenvalue weighted by atomic mass is 10.1. The number of aliphatic hydroxyl groups is 1. The lowest BCUT2D eigenvalue weighted by molar-refractivity contribution is -0.0637. The van der Waals surface area contributed by atoms with Gasteiger partial charge in [-0.1, -0.05) is 0 Å². The first-order valence-corrected chi connectivity index (χ1v) is 5.41. The van der Waals surface area contributed by atoms with Crippen molar-refractivity contribution in [1.82, 2.24) is 4.90 Å². The van der Waals surface area contributed by atoms with Crippen LogP contribution in [0.2, 0.25) is 0 Å². The van der Waals surface area contributed by atoms with Crippen molar-refractivity contribution in [3.63, 3.8) is 0 Å². The van der Waals surface area contributed by atoms with Gasteiger partial charge >= 0.3 is 0 Å². The molecule has 0 aromatic carbocycles. The van der Waals surface area contributed by atoms with E-state index in [4.69, 9.17) is 10.5 Å². The molecule has 1 aliphatic rings. The van der Waals surface area contributed by atoms with Crippen LogP contribution in [0, 0.1) is 0 Å². The first-order valence-electron chi connectivity index (χ1n) is 5.41. The second-order valence-electron chi connectivity index (χ2n) is 4.14. The average Bonchev–Trinajstić information content (AvgIpc) is 2.17. The maximum Gasteiger partial charge on any atom is 0.119 e. The molecule has 0 aliphatic carbocycles. The Morgan fingerprint density at radius 2 is 2.00 bits per heavy atom. The van der Waals surface area contributed by atoms with Crippen LogP contribution in [0.5, 0.6) is 0 Å². The molecule has 1 heterocycles. The van der Waals surface area contributed by atoms with Crippen LogP contribution in [-0.2, 0) is 4.74 Å². The number of rotatable bonds is 4. The predicted molar refractivity (Wildman–Crippen MR) is 55.9 cm³/mol. The highest BCUT2D eigenvalue weighted by Crippen LogP contribution is 2.16. The molecule has 4 nitrogen and oxygen atoms in total. The van der Waals surface area contributed by atoms with E-state index < -0.39 is 6.23 Å². The van der Waals surface area contributed by atoms with Crippen molar-refractivity contribution in [3.05, 3.63) is 0 Å². The predicted octanol–water partition coefficient (Wildman–Crippen LogP) is 0.153. The average molecular weight is 202 g/mol. The number of piperidine rings is 1. The Morgan fingerprint density at radius 3 is 2.43 bits per heavy atom. The molecule has 0 aromatic heterocycles. The number of hydrogen-bond donors (Lipinski definition) is 2. The van der Waals surface area contributed by atoms with Gasteiger partial charge in [-0.2, -0.15) is 0 Å². The van der Waals surface area contributed by atoms with Crippen LogP contribution in [0.4, 0.5) is 0 Å². The quantitative estimate of drug-likeness (QED) is 0.681. The summed E-state index contributed by atoms with van der Waals surface area (Å²) in [4.78, 5) is 2.01. The number of aliphatic hydroxyl groups excluding tert-OH is 1. The standard InChI is InChI=1S/C10H22N2O2/c1-8(2)14-9-3-5-12(6-4-9)10(13)7-11/h8-10,13H,3-7,11H2,1-2H3. The number of likely N-dealkylation sites (tertiary alicyclic amines) is 1. The number of ether oxygens (including phenoxy) is 1. The summed E-state index contributed by atoms with van der Waals surface area (Å²) in [6.45, 7) is 6.20. The number of nitrogens with two attached hydrogens (primary N) is 1. The number of hydrogen-bond acceptors (Lipinski definition) is 4. The van der Waals surface area contributed by atoms with Gasteiger partial charge in [0.05, 0.1) is 12.2 Å². The molecule has 0 radical (unpaired) electrons. The maximum atomic E-state index is 9.51. The minimum absolute atomic E-state index is 0.297. The molecule has 1 rings (SSSR count). The van der Waals surface area contributed by atoms with Gasteiger partial charge in [0.2, 0.25) is 0 Å². The summed E-state index contributed by atoms with van der Waals surface area (Å²) in [6.07, 6.45) is 2.17. The van der Waals surface area contributed by atoms with Gasteiger partial charge in [-0.15, -0.1) is 0 Å². The fraction of sp³-hybridized carbons (Fsp3) is 1.00. The lowest BCUT2D eigenvalue weighted by Gasteiger charge is -2.35. The Bertz CT molecular complexity index is 156. The molecule has 14 heavy (non-hydrogen) atoms. The summed E-state index contributed by atoms with van der Waals surface area (Å²) in [5, 5.41) is 9.51. The summed E-state index contributed by atoms with van der Waals surface area (Å²) in [5.41, 5.74) is 5.40. The summed E-state index contributed by atoms with van der Waals surface area (Å²) in [5.74, 6) is 0. The van der Waals surface area contributed by atoms with E-state index in [1.807, 2.05) is 4.90 Å². The topological polar surface area (TPSA) is 58.7 Å². The monoisotopic (exact) mass is 202 g/mol. The second-order valence-corrected chi connectivity index (χ2v) is 4.14. The van der Waals surface area contributed by atoms with E-state index in [9.17, 15) is 5.11 Å². The van der Waals surface area contributed by atoms with Crippen LogP contribution in [0.25, 0.3) is 0 Å². The molecule has 1 fully saturated rings. The van der Waals surface area contributed by atoms with Crippen molar-refractivity contribution in [2.45, 2.75) is 45.1 Å². The molecule has 0 bridgehead atoms. The van der Waals surface area contributed by atoms with Crippen LogP contribution in [0.15, 0.2) is 0 Å². The molecular weight excluding hydrogens is 180 g/mol. The van der Waals surface area contributed by atoms with Crippen LogP contribution in [-0.4, -0.2) is 48.1 Å². The highest BCUT2D eigenvalue weighted by molar-refractivity contribution is 4.74. The van der Waals surface area contributed by atoms with Crippen molar-refractivity contribution in [2.75, 3.05) is 19.6 Å². The molecule has 3 N–H and O–H groups in total. The van der Waals surface area contributed by atoms with Crippen LogP contribution in [0.1, 0.15) is 26.7 Å². The van der Waals surface area contributed by atoms with Crippen molar-refractivity contribution in [2.24, 2.45) is 5.73 Å². The van der Waals surface area contributed by atoms with Crippen molar-refractivity contribution in [1.29, 1.82) is 0 Å². The highest BCUT2D eigenvalue weighted by Gasteiger charge is 2.23. The molecule has 0 saturated carbocycles. The maximum absolute atomic E-state index is 9.51. The van der Waals surface area contributed by atoms with E-state index in [0.29, 0.717) is 18.8 Å². The van der Waals surface area contributed by atoms with E-state index in [1.165, 1.54) is 0 Å². The van der Waals surface area contributed by atoms with Gasteiger partial charge in [-0.05, 0) is 26.7 Å². The van der Waals surface area contributed by atoms with Gasteiger partial charge < -0.3 is 15.6 Å². The zero-order valence-corrected chi connectivity index (χ0v) is 9.15. The van der Waals surface area contributed by atoms with Gasteiger partial charge in [-0.3, -0.25) is 4.90 Å². The third-order valence-corrected chi connectivity index (χ3v) is 2.57. The van der Waals surface area contributed by atoms with Gasteiger partial charge in [-0.25, -0.2) is 0 Å². The molecule has 1 saturated heterocycles. The molecule has 1 atom stereocenters. The molecule has 1 unspecified atom stereocenters. The Labute approximate surface area is 86.0 Å². The molecule has 0 aromatic rings. The third kappa shape index (κ3) is 3.53. The fourth-order valence-electron chi connectivity index (χ4n) is 1.84. The Balaban J connectivity index is 2.24. The van der Waals surface area contributed by atoms with Crippen LogP contribution in [0.3, 0.4) is 0 Å². The first kappa shape index (κ1) is 11.9. The zero-order valence-electron chi connectivity index (χ0n) is 9.15. The summed E-state index contributed by atoms with van der Waals surface area (Å²) in [7, 11) is 0. The van der Waals surface area contributed by atoms with Crippen LogP contribution < -0.4 is 5.73 Å². The normalized spacial score (nSPS) is 22.9. The zero-order chi connectivity index (χ0) is 10.6. The SMILES string of the molecule is CC(C)OC1CCN(C(O)CN)CC1. The minimum atomic E-state index is -0.477. The molecule has 1 aliphatic heterocycles. The minimum Gasteiger partial charge on any atom is -0.377 e. The second kappa shape index (κ2) is 5.66. The summed E-state index contributed by atoms with van der Waals surface area (Å²) >= 11 is 0. The van der Waals surface area contributed by atoms with Crippen molar-refractivity contribution < 1.29 is 9.84 Å². The van der Waals surface area contributed by atoms with Crippen molar-refractivity contribution >= 4 is 0 Å². The molecule has 4 heteroatoms. The van der Waals surface area contributed by atoms with Gasteiger partial charge in [0.25, 0.3) is 0 Å². The summed E-state index contributed by atoms with van der Waals surface area (Å²) < 4.78 is 5.71. The Kier molecular flexibility index (Phi) is 4.81. The van der Waals surface area contributed by atoms with E-state index in [-0.39, 0.29) is 0 Å². The third-order valence-electron chi connectivity index (χ3n) is 2.57. The van der Waals surface area contributed by atoms with E-state index in [1.54, 1.807) is 0 Å². The highest BCUT2D eigenvalue weighted by atomic mass is 16.5. The largest absolute Gasteiger partial charge is 0.377 e. The van der Waals surface area contributed by atoms with Crippen molar-refractivity contribution in [3.8, 4) is 0 Å². The smallest absolute Gasteiger partial charge is 0.119 e. The van der Waals surface area contributed by atoms with Gasteiger partial charge in [0.15, 0.2) is 0 Å². The number of nitrogens with zero attached hydrogens (tertiary/aromatic N) is 1.